The molecule has 1 aliphatic carbocycles. The second kappa shape index (κ2) is 12.9. The normalized spacial score (nSPS) is 16.2. The monoisotopic (exact) mass is 520 g/mol. The number of benzene rings is 1. The molecule has 1 unspecified atom stereocenters. The van der Waals surface area contributed by atoms with Crippen LogP contribution in [-0.2, 0) is 19.3 Å². The molecular formula is C27H45PSn. The number of aryl methyl sites for hydroxylation is 1. The van der Waals surface area contributed by atoms with Crippen molar-refractivity contribution in [3.05, 3.63) is 39.5 Å². The first-order valence-electron chi connectivity index (χ1n) is 12.4. The van der Waals surface area contributed by atoms with Crippen molar-refractivity contribution >= 4 is 32.7 Å². The summed E-state index contributed by atoms with van der Waals surface area (Å²) in [5.74, 6) is 0. The molecule has 0 N–H and O–H groups in total. The Hall–Kier alpha value is 0.189. The summed E-state index contributed by atoms with van der Waals surface area (Å²) in [6.07, 6.45) is 14.6. The molecule has 2 rings (SSSR count). The molecule has 2 heteroatoms. The van der Waals surface area contributed by atoms with E-state index in [0.717, 1.165) is 5.66 Å². The molecule has 1 atom stereocenters. The van der Waals surface area contributed by atoms with Crippen LogP contribution in [0.4, 0.5) is 0 Å². The molecule has 0 aliphatic heterocycles. The minimum atomic E-state index is -0.468. The van der Waals surface area contributed by atoms with E-state index in [9.17, 15) is 0 Å². The topological polar surface area (TPSA) is 0 Å². The molecule has 1 aliphatic rings. The van der Waals surface area contributed by atoms with Gasteiger partial charge >= 0.3 is 194 Å². The van der Waals surface area contributed by atoms with Gasteiger partial charge in [0.25, 0.3) is 0 Å². The van der Waals surface area contributed by atoms with E-state index < -0.39 is 21.1 Å². The molecule has 1 aromatic rings. The Morgan fingerprint density at radius 3 is 1.90 bits per heavy atom. The number of hydrogen-bond donors (Lipinski definition) is 0. The fourth-order valence-electron chi connectivity index (χ4n) is 5.21. The summed E-state index contributed by atoms with van der Waals surface area (Å²) in [6, 6.07) is 2.74. The summed E-state index contributed by atoms with van der Waals surface area (Å²) in [7, 11) is 0.0825. The minimum absolute atomic E-state index is 0.0825. The van der Waals surface area contributed by atoms with E-state index in [0.29, 0.717) is 0 Å². The fourth-order valence-corrected chi connectivity index (χ4v) is 11.1. The van der Waals surface area contributed by atoms with E-state index >= 15 is 0 Å². The van der Waals surface area contributed by atoms with Gasteiger partial charge in [0, 0.05) is 0 Å². The van der Waals surface area contributed by atoms with Crippen molar-refractivity contribution in [2.75, 3.05) is 12.3 Å². The number of fused-ring (bicyclic) bond motifs is 1. The zero-order chi connectivity index (χ0) is 21.4. The number of unbranched alkanes of at least 4 members (excludes halogenated alkanes) is 3. The van der Waals surface area contributed by atoms with Gasteiger partial charge in [-0.15, -0.1) is 0 Å². The van der Waals surface area contributed by atoms with Gasteiger partial charge < -0.3 is 0 Å². The summed E-state index contributed by atoms with van der Waals surface area (Å²) in [5.41, 5.74) is 11.5. The first kappa shape index (κ1) is 25.4. The average molecular weight is 519 g/mol. The van der Waals surface area contributed by atoms with E-state index in [1.54, 1.807) is 27.8 Å². The predicted molar refractivity (Wildman–Crippen MR) is 137 cm³/mol. The van der Waals surface area contributed by atoms with E-state index in [2.05, 4.69) is 52.5 Å². The Bertz CT molecular complexity index is 684. The molecule has 0 saturated carbocycles. The molecule has 0 fully saturated rings. The van der Waals surface area contributed by atoms with Gasteiger partial charge in [-0.1, -0.05) is 0 Å². The summed E-state index contributed by atoms with van der Waals surface area (Å²) >= 11 is -0.468. The molecule has 29 heavy (non-hydrogen) atoms. The van der Waals surface area contributed by atoms with Crippen LogP contribution in [-0.4, -0.2) is 33.5 Å². The van der Waals surface area contributed by atoms with E-state index in [1.807, 2.05) is 9.15 Å². The summed E-state index contributed by atoms with van der Waals surface area (Å²) in [5, 5.41) is 0. The molecule has 0 bridgehead atoms. The van der Waals surface area contributed by atoms with Gasteiger partial charge in [-0.3, -0.25) is 0 Å². The van der Waals surface area contributed by atoms with Crippen molar-refractivity contribution in [1.82, 2.24) is 0 Å². The molecule has 0 spiro atoms. The van der Waals surface area contributed by atoms with Gasteiger partial charge in [-0.05, 0) is 0 Å². The van der Waals surface area contributed by atoms with Crippen LogP contribution in [0.1, 0.15) is 114 Å². The summed E-state index contributed by atoms with van der Waals surface area (Å²) in [6.45, 7) is 14.5. The molecule has 1 aromatic carbocycles. The number of allylic oxidation sites excluding steroid dienone is 1. The molecule has 162 valence electrons. The van der Waals surface area contributed by atoms with Crippen molar-refractivity contribution in [3.63, 3.8) is 0 Å². The Labute approximate surface area is 193 Å². The summed E-state index contributed by atoms with van der Waals surface area (Å²) in [4.78, 5) is 2.56. The third kappa shape index (κ3) is 5.71. The van der Waals surface area contributed by atoms with Crippen LogP contribution < -0.4 is 0 Å². The van der Waals surface area contributed by atoms with Crippen LogP contribution in [0.3, 0.4) is 0 Å². The van der Waals surface area contributed by atoms with Gasteiger partial charge in [-0.2, -0.15) is 0 Å². The fraction of sp³-hybridized carbons (Fsp3) is 0.704. The maximum absolute atomic E-state index is 2.74. The van der Waals surface area contributed by atoms with Crippen molar-refractivity contribution in [3.8, 4) is 0 Å². The van der Waals surface area contributed by atoms with E-state index in [-0.39, 0.29) is 7.92 Å². The van der Waals surface area contributed by atoms with Crippen molar-refractivity contribution in [2.45, 2.75) is 110 Å². The molecule has 0 nitrogen and oxygen atoms in total. The quantitative estimate of drug-likeness (QED) is 0.181. The third-order valence-electron chi connectivity index (χ3n) is 6.81. The van der Waals surface area contributed by atoms with Gasteiger partial charge in [0.05, 0.1) is 0 Å². The molecule has 2 radical (unpaired) electrons. The van der Waals surface area contributed by atoms with Crippen LogP contribution in [0.15, 0.2) is 11.6 Å². The van der Waals surface area contributed by atoms with E-state index in [4.69, 9.17) is 0 Å². The predicted octanol–water partition coefficient (Wildman–Crippen LogP) is 8.77. The average Bonchev–Trinajstić information content (AvgIpc) is 3.01. The van der Waals surface area contributed by atoms with Crippen LogP contribution in [0, 0.1) is 0 Å². The summed E-state index contributed by atoms with van der Waals surface area (Å²) < 4.78 is 1.88. The van der Waals surface area contributed by atoms with Crippen LogP contribution in [0.2, 0.25) is 4.94 Å². The van der Waals surface area contributed by atoms with Gasteiger partial charge in [0.2, 0.25) is 0 Å². The van der Waals surface area contributed by atoms with Crippen molar-refractivity contribution in [2.24, 2.45) is 0 Å². The molecule has 0 heterocycles. The van der Waals surface area contributed by atoms with Crippen molar-refractivity contribution in [1.29, 1.82) is 0 Å². The molecule has 0 aromatic heterocycles. The Morgan fingerprint density at radius 1 is 0.828 bits per heavy atom. The van der Waals surface area contributed by atoms with Crippen molar-refractivity contribution < 1.29 is 0 Å². The zero-order valence-electron chi connectivity index (χ0n) is 20.4. The van der Waals surface area contributed by atoms with Gasteiger partial charge in [-0.25, -0.2) is 0 Å². The second-order valence-corrected chi connectivity index (χ2v) is 14.5. The third-order valence-corrected chi connectivity index (χ3v) is 13.1. The van der Waals surface area contributed by atoms with Crippen LogP contribution in [0.25, 0.3) is 3.59 Å². The number of rotatable bonds is 13. The first-order valence-corrected chi connectivity index (χ1v) is 18.5. The van der Waals surface area contributed by atoms with Gasteiger partial charge in [0.1, 0.15) is 0 Å². The Balaban J connectivity index is 2.73. The Kier molecular flexibility index (Phi) is 11.3. The first-order chi connectivity index (χ1) is 14.1. The van der Waals surface area contributed by atoms with Gasteiger partial charge in [0.15, 0.2) is 0 Å². The van der Waals surface area contributed by atoms with Crippen LogP contribution >= 0.6 is 7.92 Å². The second-order valence-electron chi connectivity index (χ2n) is 8.70. The standard InChI is InChI=1S/C26H42P.CH3.Sn/c1-7-12-15-21-19-25-24(18-20(6)26(25)27(10-4)11-5)23(17-14-9-3)22(21)16-13-8-2;;/h19,26H,7-17H2,1-6H3;1H3;. The zero-order valence-corrected chi connectivity index (χ0v) is 24.1. The maximum atomic E-state index is 2.74. The van der Waals surface area contributed by atoms with E-state index in [1.165, 1.54) is 70.1 Å². The molecular weight excluding hydrogens is 474 g/mol. The SMILES string of the molecule is CCCCc1cc2c(c(CCCC)c1CCCC)[C]([Sn][CH3])=C(C)C2P(CC)CC. The molecule has 0 amide bonds. The number of hydrogen-bond acceptors (Lipinski definition) is 0. The Morgan fingerprint density at radius 2 is 1.38 bits per heavy atom. The van der Waals surface area contributed by atoms with Crippen LogP contribution in [0.5, 0.6) is 0 Å². The molecule has 0 saturated heterocycles.